The molecule has 1 aromatic rings. The molecule has 0 spiro atoms. The fraction of sp³-hybridized carbons (Fsp3) is 0.588. The van der Waals surface area contributed by atoms with E-state index in [9.17, 15) is 18.0 Å². The number of aliphatic hydroxyl groups is 1. The number of benzene rings is 1. The Bertz CT molecular complexity index is 585. The number of esters is 1. The van der Waals surface area contributed by atoms with Crippen LogP contribution in [0.1, 0.15) is 28.4 Å². The van der Waals surface area contributed by atoms with Crippen LogP contribution in [0.4, 0.5) is 13.2 Å². The molecule has 0 unspecified atom stereocenters. The van der Waals surface area contributed by atoms with Crippen LogP contribution in [0.25, 0.3) is 0 Å². The molecule has 1 N–H and O–H groups in total. The highest BCUT2D eigenvalue weighted by Crippen LogP contribution is 2.33. The Balaban J connectivity index is 2.13. The second-order valence-electron chi connectivity index (χ2n) is 5.93. The number of carbonyl (C=O) groups is 1. The SMILES string of the molecule is CCOC(=O)c1ccc(CN2CCN(CCO)CC2)c(C(F)(F)F)c1. The summed E-state index contributed by atoms with van der Waals surface area (Å²) >= 11 is 0. The van der Waals surface area contributed by atoms with Crippen molar-refractivity contribution in [2.24, 2.45) is 0 Å². The number of halogens is 3. The van der Waals surface area contributed by atoms with Gasteiger partial charge in [0.1, 0.15) is 0 Å². The maximum Gasteiger partial charge on any atom is 0.416 e. The molecule has 1 aliphatic rings. The molecule has 2 rings (SSSR count). The van der Waals surface area contributed by atoms with E-state index in [4.69, 9.17) is 9.84 Å². The lowest BCUT2D eigenvalue weighted by molar-refractivity contribution is -0.138. The third-order valence-corrected chi connectivity index (χ3v) is 4.20. The molecular weight excluding hydrogens is 337 g/mol. The van der Waals surface area contributed by atoms with Crippen molar-refractivity contribution in [2.75, 3.05) is 45.9 Å². The number of hydrogen-bond acceptors (Lipinski definition) is 5. The van der Waals surface area contributed by atoms with Crippen molar-refractivity contribution in [3.8, 4) is 0 Å². The topological polar surface area (TPSA) is 53.0 Å². The van der Waals surface area contributed by atoms with E-state index in [1.54, 1.807) is 6.92 Å². The van der Waals surface area contributed by atoms with Gasteiger partial charge in [-0.2, -0.15) is 13.2 Å². The summed E-state index contributed by atoms with van der Waals surface area (Å²) in [5.74, 6) is -0.753. The number of piperazine rings is 1. The average Bonchev–Trinajstić information content (AvgIpc) is 2.56. The lowest BCUT2D eigenvalue weighted by Crippen LogP contribution is -2.46. The first-order valence-corrected chi connectivity index (χ1v) is 8.28. The summed E-state index contributed by atoms with van der Waals surface area (Å²) in [7, 11) is 0. The van der Waals surface area contributed by atoms with E-state index in [-0.39, 0.29) is 30.9 Å². The van der Waals surface area contributed by atoms with Crippen molar-refractivity contribution in [3.05, 3.63) is 34.9 Å². The lowest BCUT2D eigenvalue weighted by Gasteiger charge is -2.34. The van der Waals surface area contributed by atoms with Gasteiger partial charge >= 0.3 is 12.1 Å². The van der Waals surface area contributed by atoms with Crippen molar-refractivity contribution >= 4 is 5.97 Å². The van der Waals surface area contributed by atoms with Gasteiger partial charge in [-0.15, -0.1) is 0 Å². The largest absolute Gasteiger partial charge is 0.462 e. The highest BCUT2D eigenvalue weighted by Gasteiger charge is 2.34. The fourth-order valence-corrected chi connectivity index (χ4v) is 2.87. The molecule has 25 heavy (non-hydrogen) atoms. The van der Waals surface area contributed by atoms with Crippen LogP contribution in [0, 0.1) is 0 Å². The summed E-state index contributed by atoms with van der Waals surface area (Å²) < 4.78 is 44.9. The zero-order valence-electron chi connectivity index (χ0n) is 14.2. The van der Waals surface area contributed by atoms with Crippen LogP contribution in [0.3, 0.4) is 0 Å². The second-order valence-corrected chi connectivity index (χ2v) is 5.93. The van der Waals surface area contributed by atoms with Gasteiger partial charge in [0.15, 0.2) is 0 Å². The molecular formula is C17H23F3N2O3. The van der Waals surface area contributed by atoms with Gasteiger partial charge in [-0.25, -0.2) is 4.79 Å². The van der Waals surface area contributed by atoms with Crippen molar-refractivity contribution in [3.63, 3.8) is 0 Å². The molecule has 0 atom stereocenters. The maximum absolute atomic E-state index is 13.4. The summed E-state index contributed by atoms with van der Waals surface area (Å²) in [5, 5.41) is 8.94. The number of rotatable bonds is 6. The Morgan fingerprint density at radius 2 is 1.84 bits per heavy atom. The Morgan fingerprint density at radius 3 is 2.40 bits per heavy atom. The summed E-state index contributed by atoms with van der Waals surface area (Å²) in [6.07, 6.45) is -4.53. The molecule has 5 nitrogen and oxygen atoms in total. The molecule has 0 bridgehead atoms. The van der Waals surface area contributed by atoms with Crippen LogP contribution in [0.15, 0.2) is 18.2 Å². The molecule has 1 fully saturated rings. The van der Waals surface area contributed by atoms with Gasteiger partial charge < -0.3 is 9.84 Å². The van der Waals surface area contributed by atoms with Gasteiger partial charge in [0, 0.05) is 39.3 Å². The van der Waals surface area contributed by atoms with E-state index < -0.39 is 17.7 Å². The van der Waals surface area contributed by atoms with E-state index in [2.05, 4.69) is 4.90 Å². The highest BCUT2D eigenvalue weighted by atomic mass is 19.4. The number of nitrogens with zero attached hydrogens (tertiary/aromatic N) is 2. The highest BCUT2D eigenvalue weighted by molar-refractivity contribution is 5.89. The van der Waals surface area contributed by atoms with E-state index in [0.717, 1.165) is 6.07 Å². The van der Waals surface area contributed by atoms with E-state index in [0.29, 0.717) is 32.7 Å². The van der Waals surface area contributed by atoms with Crippen molar-refractivity contribution in [1.82, 2.24) is 9.80 Å². The van der Waals surface area contributed by atoms with Crippen LogP contribution < -0.4 is 0 Å². The number of carbonyl (C=O) groups excluding carboxylic acids is 1. The van der Waals surface area contributed by atoms with Crippen molar-refractivity contribution < 1.29 is 27.8 Å². The van der Waals surface area contributed by atoms with Crippen molar-refractivity contribution in [1.29, 1.82) is 0 Å². The molecule has 0 radical (unpaired) electrons. The molecule has 1 aliphatic heterocycles. The maximum atomic E-state index is 13.4. The minimum Gasteiger partial charge on any atom is -0.462 e. The monoisotopic (exact) mass is 360 g/mol. The normalized spacial score (nSPS) is 16.8. The number of hydrogen-bond donors (Lipinski definition) is 1. The Morgan fingerprint density at radius 1 is 1.20 bits per heavy atom. The number of aliphatic hydroxyl groups excluding tert-OH is 1. The molecule has 0 amide bonds. The zero-order chi connectivity index (χ0) is 18.4. The first kappa shape index (κ1) is 19.7. The van der Waals surface area contributed by atoms with Gasteiger partial charge in [0.25, 0.3) is 0 Å². The molecule has 1 heterocycles. The molecule has 0 saturated carbocycles. The number of alkyl halides is 3. The third kappa shape index (κ3) is 5.42. The lowest BCUT2D eigenvalue weighted by atomic mass is 10.0. The van der Waals surface area contributed by atoms with Gasteiger partial charge in [0.2, 0.25) is 0 Å². The summed E-state index contributed by atoms with van der Waals surface area (Å²) in [6.45, 7) is 5.24. The predicted molar refractivity (Wildman–Crippen MR) is 86.2 cm³/mol. The molecule has 140 valence electrons. The minimum atomic E-state index is -4.53. The standard InChI is InChI=1S/C17H23F3N2O3/c1-2-25-16(24)13-3-4-14(15(11-13)17(18,19)20)12-22-7-5-21(6-8-22)9-10-23/h3-4,11,23H,2,5-10,12H2,1H3. The quantitative estimate of drug-likeness (QED) is 0.787. The Labute approximate surface area is 145 Å². The van der Waals surface area contributed by atoms with Crippen molar-refractivity contribution in [2.45, 2.75) is 19.6 Å². The first-order valence-electron chi connectivity index (χ1n) is 8.28. The molecule has 8 heteroatoms. The van der Waals surface area contributed by atoms with Gasteiger partial charge in [-0.3, -0.25) is 9.80 Å². The van der Waals surface area contributed by atoms with E-state index >= 15 is 0 Å². The Hall–Kier alpha value is -1.64. The second kappa shape index (κ2) is 8.64. The predicted octanol–water partition coefficient (Wildman–Crippen LogP) is 1.99. The van der Waals surface area contributed by atoms with Crippen LogP contribution >= 0.6 is 0 Å². The van der Waals surface area contributed by atoms with E-state index in [1.165, 1.54) is 12.1 Å². The van der Waals surface area contributed by atoms with Crippen LogP contribution in [0.2, 0.25) is 0 Å². The molecule has 0 aromatic heterocycles. The molecule has 1 saturated heterocycles. The minimum absolute atomic E-state index is 0.0769. The third-order valence-electron chi connectivity index (χ3n) is 4.20. The summed E-state index contributed by atoms with van der Waals surface area (Å²) in [6, 6.07) is 3.61. The molecule has 1 aromatic carbocycles. The summed E-state index contributed by atoms with van der Waals surface area (Å²) in [4.78, 5) is 15.7. The zero-order valence-corrected chi connectivity index (χ0v) is 14.2. The van der Waals surface area contributed by atoms with Gasteiger partial charge in [-0.05, 0) is 24.6 Å². The summed E-state index contributed by atoms with van der Waals surface area (Å²) in [5.41, 5.74) is -0.738. The van der Waals surface area contributed by atoms with Gasteiger partial charge in [-0.1, -0.05) is 6.07 Å². The molecule has 0 aliphatic carbocycles. The average molecular weight is 360 g/mol. The smallest absolute Gasteiger partial charge is 0.416 e. The number of β-amino-alcohol motifs (C(OH)–C–C–N with tert-alkyl or cyclic N) is 1. The van der Waals surface area contributed by atoms with Gasteiger partial charge in [0.05, 0.1) is 24.3 Å². The van der Waals surface area contributed by atoms with Crippen LogP contribution in [-0.2, 0) is 17.5 Å². The van der Waals surface area contributed by atoms with Crippen LogP contribution in [0.5, 0.6) is 0 Å². The fourth-order valence-electron chi connectivity index (χ4n) is 2.87. The number of ether oxygens (including phenoxy) is 1. The Kier molecular flexibility index (Phi) is 6.80. The van der Waals surface area contributed by atoms with E-state index in [1.807, 2.05) is 4.90 Å². The van der Waals surface area contributed by atoms with Crippen LogP contribution in [-0.4, -0.2) is 66.8 Å². The first-order chi connectivity index (χ1) is 11.8.